The van der Waals surface area contributed by atoms with E-state index in [1.807, 2.05) is 63.2 Å². The van der Waals surface area contributed by atoms with Gasteiger partial charge >= 0.3 is 5.97 Å². The fourth-order valence-electron chi connectivity index (χ4n) is 2.39. The number of nitrogens with one attached hydrogen (secondary N) is 1. The van der Waals surface area contributed by atoms with Crippen molar-refractivity contribution in [2.45, 2.75) is 33.6 Å². The van der Waals surface area contributed by atoms with E-state index in [0.717, 1.165) is 28.1 Å². The highest BCUT2D eigenvalue weighted by Gasteiger charge is 2.09. The van der Waals surface area contributed by atoms with E-state index in [1.54, 1.807) is 0 Å². The van der Waals surface area contributed by atoms with Gasteiger partial charge in [0.25, 0.3) is 5.91 Å². The summed E-state index contributed by atoms with van der Waals surface area (Å²) in [5, 5.41) is 2.76. The van der Waals surface area contributed by atoms with Crippen molar-refractivity contribution in [2.75, 3.05) is 18.5 Å². The van der Waals surface area contributed by atoms with Crippen LogP contribution in [-0.4, -0.2) is 25.1 Å². The zero-order chi connectivity index (χ0) is 18.9. The molecular formula is C21H25NO4. The number of carbonyl (C=O) groups excluding carboxylic acids is 2. The van der Waals surface area contributed by atoms with Gasteiger partial charge in [-0.2, -0.15) is 0 Å². The predicted molar refractivity (Wildman–Crippen MR) is 101 cm³/mol. The van der Waals surface area contributed by atoms with E-state index >= 15 is 0 Å². The van der Waals surface area contributed by atoms with Crippen molar-refractivity contribution in [2.24, 2.45) is 0 Å². The molecule has 0 fully saturated rings. The minimum atomic E-state index is -0.408. The maximum atomic E-state index is 11.9. The molecule has 0 aromatic heterocycles. The van der Waals surface area contributed by atoms with Crippen LogP contribution in [-0.2, 0) is 14.3 Å². The smallest absolute Gasteiger partial charge is 0.306 e. The second-order valence-corrected chi connectivity index (χ2v) is 6.30. The lowest BCUT2D eigenvalue weighted by atomic mass is 10.1. The second kappa shape index (κ2) is 9.61. The summed E-state index contributed by atoms with van der Waals surface area (Å²) in [6, 6.07) is 13.5. The number of amides is 1. The first-order valence-corrected chi connectivity index (χ1v) is 8.66. The number of benzene rings is 2. The molecule has 5 nitrogen and oxygen atoms in total. The minimum absolute atomic E-state index is 0.211. The first-order valence-electron chi connectivity index (χ1n) is 8.66. The Morgan fingerprint density at radius 3 is 2.54 bits per heavy atom. The van der Waals surface area contributed by atoms with Crippen molar-refractivity contribution in [1.82, 2.24) is 0 Å². The third kappa shape index (κ3) is 6.59. The number of hydrogen-bond donors (Lipinski definition) is 1. The summed E-state index contributed by atoms with van der Waals surface area (Å²) in [5.41, 5.74) is 3.87. The van der Waals surface area contributed by atoms with Gasteiger partial charge < -0.3 is 14.8 Å². The summed E-state index contributed by atoms with van der Waals surface area (Å²) < 4.78 is 10.6. The van der Waals surface area contributed by atoms with Gasteiger partial charge in [-0.3, -0.25) is 9.59 Å². The molecule has 0 aliphatic heterocycles. The molecule has 138 valence electrons. The van der Waals surface area contributed by atoms with Gasteiger partial charge in [0.15, 0.2) is 6.61 Å². The fraction of sp³-hybridized carbons (Fsp3) is 0.333. The monoisotopic (exact) mass is 355 g/mol. The summed E-state index contributed by atoms with van der Waals surface area (Å²) in [4.78, 5) is 23.6. The number of anilines is 1. The van der Waals surface area contributed by atoms with Crippen molar-refractivity contribution in [3.8, 4) is 5.75 Å². The summed E-state index contributed by atoms with van der Waals surface area (Å²) in [7, 11) is 0. The zero-order valence-corrected chi connectivity index (χ0v) is 15.5. The van der Waals surface area contributed by atoms with E-state index in [1.165, 1.54) is 0 Å². The van der Waals surface area contributed by atoms with Gasteiger partial charge in [-0.15, -0.1) is 0 Å². The van der Waals surface area contributed by atoms with Crippen LogP contribution in [0.25, 0.3) is 0 Å². The number of ether oxygens (including phenoxy) is 2. The third-order valence-corrected chi connectivity index (χ3v) is 3.81. The molecule has 5 heteroatoms. The molecule has 0 heterocycles. The topological polar surface area (TPSA) is 64.6 Å². The van der Waals surface area contributed by atoms with Gasteiger partial charge in [-0.1, -0.05) is 24.3 Å². The number of rotatable bonds is 8. The molecule has 0 saturated carbocycles. The molecule has 2 aromatic carbocycles. The van der Waals surface area contributed by atoms with Crippen LogP contribution in [0.2, 0.25) is 0 Å². The van der Waals surface area contributed by atoms with Crippen molar-refractivity contribution in [3.63, 3.8) is 0 Å². The third-order valence-electron chi connectivity index (χ3n) is 3.81. The maximum absolute atomic E-state index is 11.9. The van der Waals surface area contributed by atoms with Gasteiger partial charge in [0.1, 0.15) is 5.75 Å². The highest BCUT2D eigenvalue weighted by Crippen LogP contribution is 2.16. The molecule has 0 spiro atoms. The lowest BCUT2D eigenvalue weighted by molar-refractivity contribution is -0.147. The lowest BCUT2D eigenvalue weighted by Gasteiger charge is -2.10. The Bertz CT molecular complexity index is 770. The Kier molecular flexibility index (Phi) is 7.21. The van der Waals surface area contributed by atoms with Crippen LogP contribution in [0, 0.1) is 20.8 Å². The Morgan fingerprint density at radius 2 is 1.77 bits per heavy atom. The fourth-order valence-corrected chi connectivity index (χ4v) is 2.39. The average molecular weight is 355 g/mol. The number of aryl methyl sites for hydroxylation is 3. The Labute approximate surface area is 154 Å². The number of esters is 1. The molecule has 26 heavy (non-hydrogen) atoms. The molecule has 1 N–H and O–H groups in total. The van der Waals surface area contributed by atoms with Gasteiger partial charge in [0.2, 0.25) is 0 Å². The predicted octanol–water partition coefficient (Wildman–Crippen LogP) is 3.95. The Hall–Kier alpha value is -2.82. The summed E-state index contributed by atoms with van der Waals surface area (Å²) >= 11 is 0. The van der Waals surface area contributed by atoms with Gasteiger partial charge in [0, 0.05) is 12.1 Å². The van der Waals surface area contributed by atoms with Gasteiger partial charge in [0.05, 0.1) is 6.61 Å². The molecule has 1 amide bonds. The van der Waals surface area contributed by atoms with Crippen molar-refractivity contribution in [1.29, 1.82) is 0 Å². The second-order valence-electron chi connectivity index (χ2n) is 6.30. The van der Waals surface area contributed by atoms with Crippen molar-refractivity contribution < 1.29 is 19.1 Å². The van der Waals surface area contributed by atoms with Crippen LogP contribution in [0.5, 0.6) is 5.75 Å². The van der Waals surface area contributed by atoms with E-state index in [9.17, 15) is 9.59 Å². The van der Waals surface area contributed by atoms with E-state index < -0.39 is 5.97 Å². The van der Waals surface area contributed by atoms with Crippen LogP contribution in [0.1, 0.15) is 29.5 Å². The number of hydrogen-bond acceptors (Lipinski definition) is 4. The molecule has 0 atom stereocenters. The molecule has 2 aromatic rings. The van der Waals surface area contributed by atoms with E-state index in [-0.39, 0.29) is 18.9 Å². The maximum Gasteiger partial charge on any atom is 0.306 e. The summed E-state index contributed by atoms with van der Waals surface area (Å²) in [5.74, 6) is 0.0308. The summed E-state index contributed by atoms with van der Waals surface area (Å²) in [6.07, 6.45) is 0.744. The molecule has 0 radical (unpaired) electrons. The van der Waals surface area contributed by atoms with Crippen LogP contribution >= 0.6 is 0 Å². The molecular weight excluding hydrogens is 330 g/mol. The van der Waals surface area contributed by atoms with Crippen LogP contribution < -0.4 is 10.1 Å². The zero-order valence-electron chi connectivity index (χ0n) is 15.5. The van der Waals surface area contributed by atoms with Gasteiger partial charge in [-0.25, -0.2) is 0 Å². The van der Waals surface area contributed by atoms with Crippen LogP contribution in [0.3, 0.4) is 0 Å². The normalized spacial score (nSPS) is 10.3. The van der Waals surface area contributed by atoms with E-state index in [0.29, 0.717) is 13.0 Å². The standard InChI is InChI=1S/C21H25NO4/c1-15-6-4-7-18(12-15)25-11-5-8-21(24)26-14-20(23)22-19-13-16(2)9-10-17(19)3/h4,6-7,9-10,12-13H,5,8,11,14H2,1-3H3,(H,22,23). The SMILES string of the molecule is Cc1cccc(OCCCC(=O)OCC(=O)Nc2cc(C)ccc2C)c1. The van der Waals surface area contributed by atoms with Crippen LogP contribution in [0.4, 0.5) is 5.69 Å². The minimum Gasteiger partial charge on any atom is -0.494 e. The van der Waals surface area contributed by atoms with Gasteiger partial charge in [-0.05, 0) is 62.1 Å². The Morgan fingerprint density at radius 1 is 1.00 bits per heavy atom. The first-order chi connectivity index (χ1) is 12.4. The average Bonchev–Trinajstić information content (AvgIpc) is 2.60. The van der Waals surface area contributed by atoms with Crippen molar-refractivity contribution in [3.05, 3.63) is 59.2 Å². The van der Waals surface area contributed by atoms with Crippen LogP contribution in [0.15, 0.2) is 42.5 Å². The Balaban J connectivity index is 1.65. The lowest BCUT2D eigenvalue weighted by Crippen LogP contribution is -2.21. The molecule has 0 saturated heterocycles. The molecule has 0 aliphatic carbocycles. The molecule has 0 bridgehead atoms. The number of carbonyl (C=O) groups is 2. The first kappa shape index (κ1) is 19.5. The molecule has 0 aliphatic rings. The largest absolute Gasteiger partial charge is 0.494 e. The van der Waals surface area contributed by atoms with E-state index in [4.69, 9.17) is 9.47 Å². The highest BCUT2D eigenvalue weighted by molar-refractivity contribution is 5.93. The summed E-state index contributed by atoms with van der Waals surface area (Å²) in [6.45, 7) is 5.99. The quantitative estimate of drug-likeness (QED) is 0.575. The molecule has 2 rings (SSSR count). The van der Waals surface area contributed by atoms with E-state index in [2.05, 4.69) is 5.32 Å². The highest BCUT2D eigenvalue weighted by atomic mass is 16.5. The molecule has 0 unspecified atom stereocenters. The van der Waals surface area contributed by atoms with Crippen molar-refractivity contribution >= 4 is 17.6 Å².